The van der Waals surface area contributed by atoms with Crippen molar-refractivity contribution >= 4 is 15.9 Å². The maximum absolute atomic E-state index is 4.18. The van der Waals surface area contributed by atoms with E-state index in [9.17, 15) is 0 Å². The number of halogens is 1. The minimum absolute atomic E-state index is 0.438. The van der Waals surface area contributed by atoms with Gasteiger partial charge in [-0.1, -0.05) is 46.3 Å². The van der Waals surface area contributed by atoms with Gasteiger partial charge in [-0.3, -0.25) is 4.68 Å². The fourth-order valence-corrected chi connectivity index (χ4v) is 2.56. The van der Waals surface area contributed by atoms with E-state index in [-0.39, 0.29) is 0 Å². The van der Waals surface area contributed by atoms with E-state index in [1.54, 1.807) is 0 Å². The fraction of sp³-hybridized carbons (Fsp3) is 0.385. The maximum Gasteiger partial charge on any atom is 0.0833 e. The van der Waals surface area contributed by atoms with Crippen LogP contribution in [0.3, 0.4) is 0 Å². The summed E-state index contributed by atoms with van der Waals surface area (Å²) in [6.07, 6.45) is 2.94. The predicted molar refractivity (Wildman–Crippen MR) is 72.0 cm³/mol. The van der Waals surface area contributed by atoms with Crippen molar-refractivity contribution in [3.05, 3.63) is 46.2 Å². The number of hydrogen-bond donors (Lipinski definition) is 0. The van der Waals surface area contributed by atoms with E-state index in [2.05, 4.69) is 58.3 Å². The molecule has 1 heterocycles. The highest BCUT2D eigenvalue weighted by molar-refractivity contribution is 9.10. The average Bonchev–Trinajstić information content (AvgIpc) is 2.77. The Balaban J connectivity index is 2.11. The lowest BCUT2D eigenvalue weighted by atomic mass is 9.97. The van der Waals surface area contributed by atoms with Crippen LogP contribution in [0.25, 0.3) is 0 Å². The maximum atomic E-state index is 4.18. The average molecular weight is 294 g/mol. The third kappa shape index (κ3) is 2.94. The molecule has 2 aromatic rings. The van der Waals surface area contributed by atoms with E-state index in [1.165, 1.54) is 5.56 Å². The standard InChI is InChI=1S/C13H16BrN3/c1-3-17-9-11(15-16-17)8-10(2)12-6-4-5-7-13(12)14/h4-7,9-10H,3,8H2,1-2H3. The zero-order valence-electron chi connectivity index (χ0n) is 10.1. The van der Waals surface area contributed by atoms with Gasteiger partial charge in [0.1, 0.15) is 0 Å². The number of aryl methyl sites for hydroxylation is 1. The van der Waals surface area contributed by atoms with Crippen LogP contribution < -0.4 is 0 Å². The Kier molecular flexibility index (Phi) is 3.94. The Hall–Kier alpha value is -1.16. The van der Waals surface area contributed by atoms with Crippen molar-refractivity contribution in [3.8, 4) is 0 Å². The Morgan fingerprint density at radius 2 is 2.12 bits per heavy atom. The number of nitrogens with zero attached hydrogens (tertiary/aromatic N) is 3. The number of aromatic nitrogens is 3. The van der Waals surface area contributed by atoms with Gasteiger partial charge in [-0.15, -0.1) is 5.10 Å². The summed E-state index contributed by atoms with van der Waals surface area (Å²) >= 11 is 3.59. The van der Waals surface area contributed by atoms with Gasteiger partial charge in [-0.05, 0) is 30.9 Å². The van der Waals surface area contributed by atoms with Crippen molar-refractivity contribution in [2.24, 2.45) is 0 Å². The Morgan fingerprint density at radius 1 is 1.35 bits per heavy atom. The zero-order valence-corrected chi connectivity index (χ0v) is 11.7. The van der Waals surface area contributed by atoms with Crippen molar-refractivity contribution in [1.29, 1.82) is 0 Å². The van der Waals surface area contributed by atoms with Crippen LogP contribution in [0.1, 0.15) is 31.0 Å². The van der Waals surface area contributed by atoms with E-state index < -0.39 is 0 Å². The van der Waals surface area contributed by atoms with E-state index in [0.717, 1.165) is 23.1 Å². The first-order valence-corrected chi connectivity index (χ1v) is 6.63. The lowest BCUT2D eigenvalue weighted by molar-refractivity contribution is 0.626. The molecule has 1 aromatic heterocycles. The van der Waals surface area contributed by atoms with Crippen LogP contribution in [0.15, 0.2) is 34.9 Å². The van der Waals surface area contributed by atoms with E-state index in [1.807, 2.05) is 16.9 Å². The first-order chi connectivity index (χ1) is 8.20. The van der Waals surface area contributed by atoms with Gasteiger partial charge < -0.3 is 0 Å². The topological polar surface area (TPSA) is 30.7 Å². The molecule has 0 N–H and O–H groups in total. The number of benzene rings is 1. The van der Waals surface area contributed by atoms with Gasteiger partial charge in [-0.2, -0.15) is 0 Å². The molecule has 2 rings (SSSR count). The SMILES string of the molecule is CCn1cc(CC(C)c2ccccc2Br)nn1. The second kappa shape index (κ2) is 5.45. The molecule has 0 aliphatic heterocycles. The van der Waals surface area contributed by atoms with Crippen molar-refractivity contribution in [2.75, 3.05) is 0 Å². The summed E-state index contributed by atoms with van der Waals surface area (Å²) < 4.78 is 3.03. The highest BCUT2D eigenvalue weighted by atomic mass is 79.9. The van der Waals surface area contributed by atoms with Crippen LogP contribution >= 0.6 is 15.9 Å². The fourth-order valence-electron chi connectivity index (χ4n) is 1.89. The van der Waals surface area contributed by atoms with Crippen LogP contribution in [-0.4, -0.2) is 15.0 Å². The predicted octanol–water partition coefficient (Wildman–Crippen LogP) is 3.41. The molecule has 90 valence electrons. The Labute approximate surface area is 110 Å². The van der Waals surface area contributed by atoms with Gasteiger partial charge in [-0.25, -0.2) is 0 Å². The summed E-state index contributed by atoms with van der Waals surface area (Å²) in [5, 5.41) is 8.24. The van der Waals surface area contributed by atoms with Crippen LogP contribution in [0.5, 0.6) is 0 Å². The van der Waals surface area contributed by atoms with E-state index >= 15 is 0 Å². The molecule has 0 spiro atoms. The molecular weight excluding hydrogens is 278 g/mol. The monoisotopic (exact) mass is 293 g/mol. The van der Waals surface area contributed by atoms with Crippen molar-refractivity contribution in [3.63, 3.8) is 0 Å². The summed E-state index contributed by atoms with van der Waals surface area (Å²) in [5.74, 6) is 0.438. The van der Waals surface area contributed by atoms with Crippen molar-refractivity contribution < 1.29 is 0 Å². The Bertz CT molecular complexity index is 493. The van der Waals surface area contributed by atoms with Crippen LogP contribution in [0.4, 0.5) is 0 Å². The van der Waals surface area contributed by atoms with Gasteiger partial charge >= 0.3 is 0 Å². The van der Waals surface area contributed by atoms with Crippen molar-refractivity contribution in [2.45, 2.75) is 32.7 Å². The molecular formula is C13H16BrN3. The van der Waals surface area contributed by atoms with Crippen LogP contribution in [0, 0.1) is 0 Å². The molecule has 1 atom stereocenters. The lowest BCUT2D eigenvalue weighted by Crippen LogP contribution is -1.99. The van der Waals surface area contributed by atoms with Gasteiger partial charge in [0.2, 0.25) is 0 Å². The molecule has 0 fully saturated rings. The second-order valence-electron chi connectivity index (χ2n) is 4.19. The molecule has 1 aromatic carbocycles. The molecule has 3 nitrogen and oxygen atoms in total. The smallest absolute Gasteiger partial charge is 0.0833 e. The van der Waals surface area contributed by atoms with Crippen LogP contribution in [0.2, 0.25) is 0 Å². The largest absolute Gasteiger partial charge is 0.253 e. The van der Waals surface area contributed by atoms with E-state index in [0.29, 0.717) is 5.92 Å². The molecule has 0 saturated heterocycles. The third-order valence-electron chi connectivity index (χ3n) is 2.86. The zero-order chi connectivity index (χ0) is 12.3. The highest BCUT2D eigenvalue weighted by Crippen LogP contribution is 2.26. The van der Waals surface area contributed by atoms with Gasteiger partial charge in [0.15, 0.2) is 0 Å². The first-order valence-electron chi connectivity index (χ1n) is 5.84. The second-order valence-corrected chi connectivity index (χ2v) is 5.05. The number of hydrogen-bond acceptors (Lipinski definition) is 2. The van der Waals surface area contributed by atoms with Gasteiger partial charge in [0, 0.05) is 17.2 Å². The molecule has 0 aliphatic carbocycles. The molecule has 0 bridgehead atoms. The summed E-state index contributed by atoms with van der Waals surface area (Å²) in [6.45, 7) is 5.15. The molecule has 17 heavy (non-hydrogen) atoms. The summed E-state index contributed by atoms with van der Waals surface area (Å²) in [4.78, 5) is 0. The molecule has 4 heteroatoms. The first kappa shape index (κ1) is 12.3. The van der Waals surface area contributed by atoms with Gasteiger partial charge in [0.05, 0.1) is 5.69 Å². The minimum Gasteiger partial charge on any atom is -0.253 e. The molecule has 0 aliphatic rings. The summed E-state index contributed by atoms with van der Waals surface area (Å²) in [7, 11) is 0. The third-order valence-corrected chi connectivity index (χ3v) is 3.58. The quantitative estimate of drug-likeness (QED) is 0.865. The van der Waals surface area contributed by atoms with E-state index in [4.69, 9.17) is 0 Å². The highest BCUT2D eigenvalue weighted by Gasteiger charge is 2.11. The van der Waals surface area contributed by atoms with Crippen molar-refractivity contribution in [1.82, 2.24) is 15.0 Å². The Morgan fingerprint density at radius 3 is 2.76 bits per heavy atom. The molecule has 0 amide bonds. The van der Waals surface area contributed by atoms with Gasteiger partial charge in [0.25, 0.3) is 0 Å². The normalized spacial score (nSPS) is 12.6. The summed E-state index contributed by atoms with van der Waals surface area (Å²) in [5.41, 5.74) is 2.37. The number of rotatable bonds is 4. The molecule has 1 unspecified atom stereocenters. The van der Waals surface area contributed by atoms with Crippen LogP contribution in [-0.2, 0) is 13.0 Å². The molecule has 0 saturated carbocycles. The minimum atomic E-state index is 0.438. The lowest BCUT2D eigenvalue weighted by Gasteiger charge is -2.11. The summed E-state index contributed by atoms with van der Waals surface area (Å²) in [6, 6.07) is 8.33. The molecule has 0 radical (unpaired) electrons.